The standard InChI is InChI=1S/C35H44F3N9O2S2/c1-24-25(21-44-8-5-26(6-9-44)42-33-31-18-29(19-35(36,37)38)50-34(31)41-23-40-33)3-4-32-30(24)17-28(20-39)47(32)16-13-43-11-14-45(15-12-43)27-7-10-46(22-27)51(2,48)49/h3-4,17-18,23,26-27H,5-16,19,21-22H2,1-2H3,(H,40,41,42). The number of alkyl halides is 3. The fraction of sp³-hybridized carbons (Fsp3) is 0.571. The smallest absolute Gasteiger partial charge is 0.367 e. The Morgan fingerprint density at radius 3 is 2.43 bits per heavy atom. The highest BCUT2D eigenvalue weighted by molar-refractivity contribution is 7.88. The highest BCUT2D eigenvalue weighted by Gasteiger charge is 2.34. The number of nitrogens with zero attached hydrogens (tertiary/aromatic N) is 8. The molecule has 274 valence electrons. The second-order valence-corrected chi connectivity index (χ2v) is 17.3. The third kappa shape index (κ3) is 8.18. The quantitative estimate of drug-likeness (QED) is 0.248. The van der Waals surface area contributed by atoms with E-state index < -0.39 is 22.6 Å². The maximum atomic E-state index is 13.0. The van der Waals surface area contributed by atoms with Gasteiger partial charge in [-0.25, -0.2) is 22.7 Å². The molecule has 3 fully saturated rings. The van der Waals surface area contributed by atoms with Crippen molar-refractivity contribution >= 4 is 48.3 Å². The van der Waals surface area contributed by atoms with E-state index in [4.69, 9.17) is 0 Å². The molecule has 0 spiro atoms. The van der Waals surface area contributed by atoms with Crippen molar-refractivity contribution in [3.63, 3.8) is 0 Å². The lowest BCUT2D eigenvalue weighted by atomic mass is 10.0. The minimum absolute atomic E-state index is 0.164. The summed E-state index contributed by atoms with van der Waals surface area (Å²) in [4.78, 5) is 16.7. The van der Waals surface area contributed by atoms with E-state index in [2.05, 4.69) is 59.7 Å². The van der Waals surface area contributed by atoms with Crippen LogP contribution in [-0.2, 0) is 29.5 Å². The molecular formula is C35H44F3N9O2S2. The molecule has 3 saturated heterocycles. The Morgan fingerprint density at radius 1 is 0.980 bits per heavy atom. The van der Waals surface area contributed by atoms with Crippen molar-refractivity contribution in [3.8, 4) is 6.07 Å². The van der Waals surface area contributed by atoms with Gasteiger partial charge in [0.15, 0.2) is 0 Å². The number of sulfonamides is 1. The van der Waals surface area contributed by atoms with Crippen molar-refractivity contribution in [1.29, 1.82) is 5.26 Å². The second kappa shape index (κ2) is 14.6. The number of piperidine rings is 1. The zero-order valence-corrected chi connectivity index (χ0v) is 30.6. The number of nitrogens with one attached hydrogen (secondary N) is 1. The Kier molecular flexibility index (Phi) is 10.3. The van der Waals surface area contributed by atoms with E-state index in [9.17, 15) is 26.9 Å². The molecule has 51 heavy (non-hydrogen) atoms. The molecule has 0 radical (unpaired) electrons. The van der Waals surface area contributed by atoms with Crippen molar-refractivity contribution in [2.45, 2.75) is 64.0 Å². The average molecular weight is 744 g/mol. The molecule has 1 N–H and O–H groups in total. The number of benzene rings is 1. The zero-order chi connectivity index (χ0) is 35.9. The number of halogens is 3. The molecule has 16 heteroatoms. The summed E-state index contributed by atoms with van der Waals surface area (Å²) in [5, 5.41) is 15.3. The summed E-state index contributed by atoms with van der Waals surface area (Å²) in [6.45, 7) is 11.1. The van der Waals surface area contributed by atoms with Gasteiger partial charge in [0, 0.05) is 99.9 Å². The Hall–Kier alpha value is -3.33. The van der Waals surface area contributed by atoms with Crippen LogP contribution >= 0.6 is 11.3 Å². The van der Waals surface area contributed by atoms with Gasteiger partial charge in [0.2, 0.25) is 10.0 Å². The maximum Gasteiger partial charge on any atom is 0.393 e. The maximum absolute atomic E-state index is 13.0. The van der Waals surface area contributed by atoms with E-state index in [1.807, 2.05) is 6.07 Å². The molecule has 0 amide bonds. The average Bonchev–Trinajstić information content (AvgIpc) is 3.83. The number of piperazine rings is 1. The molecule has 3 aromatic heterocycles. The van der Waals surface area contributed by atoms with Crippen LogP contribution in [0.15, 0.2) is 30.6 Å². The van der Waals surface area contributed by atoms with Crippen LogP contribution in [0.4, 0.5) is 19.0 Å². The number of hydrogen-bond acceptors (Lipinski definition) is 10. The first-order valence-electron chi connectivity index (χ1n) is 17.6. The van der Waals surface area contributed by atoms with Crippen LogP contribution in [0.3, 0.4) is 0 Å². The van der Waals surface area contributed by atoms with Crippen molar-refractivity contribution in [3.05, 3.63) is 52.3 Å². The molecule has 1 aromatic carbocycles. The van der Waals surface area contributed by atoms with Crippen LogP contribution in [0, 0.1) is 18.3 Å². The first-order chi connectivity index (χ1) is 24.3. The lowest BCUT2D eigenvalue weighted by molar-refractivity contribution is -0.126. The number of anilines is 1. The SMILES string of the molecule is Cc1c(CN2CCC(Nc3ncnc4sc(CC(F)(F)F)cc34)CC2)ccc2c1cc(C#N)n2CCN1CCN(C2CCN(S(C)(=O)=O)C2)CC1. The minimum Gasteiger partial charge on any atom is -0.367 e. The topological polar surface area (TPSA) is 114 Å². The Balaban J connectivity index is 0.929. The van der Waals surface area contributed by atoms with Gasteiger partial charge in [-0.3, -0.25) is 14.7 Å². The third-order valence-electron chi connectivity index (χ3n) is 10.8. The molecule has 11 nitrogen and oxygen atoms in total. The van der Waals surface area contributed by atoms with Crippen molar-refractivity contribution in [1.82, 2.24) is 33.5 Å². The lowest BCUT2D eigenvalue weighted by Gasteiger charge is -2.38. The molecular weight excluding hydrogens is 700 g/mol. The largest absolute Gasteiger partial charge is 0.393 e. The van der Waals surface area contributed by atoms with Gasteiger partial charge in [-0.15, -0.1) is 11.3 Å². The van der Waals surface area contributed by atoms with E-state index in [1.165, 1.54) is 23.7 Å². The lowest BCUT2D eigenvalue weighted by Crippen LogP contribution is -2.51. The number of rotatable bonds is 10. The summed E-state index contributed by atoms with van der Waals surface area (Å²) in [6.07, 6.45) is 0.126. The summed E-state index contributed by atoms with van der Waals surface area (Å²) in [5.74, 6) is 0.594. The fourth-order valence-corrected chi connectivity index (χ4v) is 9.81. The summed E-state index contributed by atoms with van der Waals surface area (Å²) in [7, 11) is -3.14. The van der Waals surface area contributed by atoms with Gasteiger partial charge in [-0.05, 0) is 55.5 Å². The van der Waals surface area contributed by atoms with Crippen LogP contribution < -0.4 is 5.32 Å². The van der Waals surface area contributed by atoms with Gasteiger partial charge in [-0.1, -0.05) is 6.07 Å². The molecule has 0 saturated carbocycles. The first kappa shape index (κ1) is 36.0. The Bertz CT molecular complexity index is 2030. The van der Waals surface area contributed by atoms with Gasteiger partial charge in [-0.2, -0.15) is 18.4 Å². The number of fused-ring (bicyclic) bond motifs is 2. The molecule has 3 aliphatic heterocycles. The number of aromatic nitrogens is 3. The highest BCUT2D eigenvalue weighted by atomic mass is 32.2. The Labute approximate surface area is 300 Å². The first-order valence-corrected chi connectivity index (χ1v) is 20.2. The third-order valence-corrected chi connectivity index (χ3v) is 13.1. The van der Waals surface area contributed by atoms with Crippen LogP contribution in [0.1, 0.15) is 41.0 Å². The predicted molar refractivity (Wildman–Crippen MR) is 193 cm³/mol. The summed E-state index contributed by atoms with van der Waals surface area (Å²) in [6, 6.07) is 10.8. The molecule has 3 aliphatic rings. The van der Waals surface area contributed by atoms with Crippen LogP contribution in [0.2, 0.25) is 0 Å². The molecule has 1 atom stereocenters. The minimum atomic E-state index is -4.26. The van der Waals surface area contributed by atoms with Crippen molar-refractivity contribution in [2.75, 3.05) is 70.5 Å². The van der Waals surface area contributed by atoms with Crippen LogP contribution in [0.5, 0.6) is 0 Å². The predicted octanol–water partition coefficient (Wildman–Crippen LogP) is 4.66. The van der Waals surface area contributed by atoms with Crippen molar-refractivity contribution < 1.29 is 21.6 Å². The second-order valence-electron chi connectivity index (χ2n) is 14.2. The van der Waals surface area contributed by atoms with Crippen LogP contribution in [-0.4, -0.2) is 125 Å². The number of thiophene rings is 1. The van der Waals surface area contributed by atoms with E-state index >= 15 is 0 Å². The monoisotopic (exact) mass is 743 g/mol. The summed E-state index contributed by atoms with van der Waals surface area (Å²) in [5.41, 5.74) is 4.16. The molecule has 1 unspecified atom stereocenters. The summed E-state index contributed by atoms with van der Waals surface area (Å²) >= 11 is 1.06. The fourth-order valence-electron chi connectivity index (χ4n) is 7.90. The van der Waals surface area contributed by atoms with E-state index in [0.29, 0.717) is 34.8 Å². The van der Waals surface area contributed by atoms with Crippen LogP contribution in [0.25, 0.3) is 21.1 Å². The summed E-state index contributed by atoms with van der Waals surface area (Å²) < 4.78 is 66.5. The molecule has 6 heterocycles. The molecule has 4 aromatic rings. The van der Waals surface area contributed by atoms with E-state index in [0.717, 1.165) is 100 Å². The van der Waals surface area contributed by atoms with Gasteiger partial charge in [0.05, 0.1) is 18.1 Å². The van der Waals surface area contributed by atoms with Gasteiger partial charge < -0.3 is 9.88 Å². The number of hydrogen-bond donors (Lipinski definition) is 1. The zero-order valence-electron chi connectivity index (χ0n) is 29.0. The number of aryl methyl sites for hydroxylation is 1. The number of nitriles is 1. The normalized spacial score (nSPS) is 20.8. The molecule has 0 aliphatic carbocycles. The van der Waals surface area contributed by atoms with Gasteiger partial charge in [0.1, 0.15) is 28.7 Å². The van der Waals surface area contributed by atoms with E-state index in [-0.39, 0.29) is 17.0 Å². The van der Waals surface area contributed by atoms with Gasteiger partial charge >= 0.3 is 6.18 Å². The van der Waals surface area contributed by atoms with Crippen molar-refractivity contribution in [2.24, 2.45) is 0 Å². The highest BCUT2D eigenvalue weighted by Crippen LogP contribution is 2.34. The Morgan fingerprint density at radius 2 is 1.75 bits per heavy atom. The molecule has 0 bridgehead atoms. The molecule has 7 rings (SSSR count). The van der Waals surface area contributed by atoms with Gasteiger partial charge in [0.25, 0.3) is 0 Å². The van der Waals surface area contributed by atoms with E-state index in [1.54, 1.807) is 10.4 Å². The number of likely N-dealkylation sites (tertiary alicyclic amines) is 1.